The number of hydrogen-bond donors (Lipinski definition) is 0. The summed E-state index contributed by atoms with van der Waals surface area (Å²) in [5.41, 5.74) is 1.87. The van der Waals surface area contributed by atoms with E-state index in [1.807, 2.05) is 25.1 Å². The predicted molar refractivity (Wildman–Crippen MR) is 67.4 cm³/mol. The first-order chi connectivity index (χ1) is 8.11. The van der Waals surface area contributed by atoms with Crippen LogP contribution < -0.4 is 4.74 Å². The number of halogens is 1. The molecule has 0 saturated heterocycles. The second kappa shape index (κ2) is 4.72. The summed E-state index contributed by atoms with van der Waals surface area (Å²) in [5, 5.41) is 1.23. The molecule has 0 spiro atoms. The van der Waals surface area contributed by atoms with Gasteiger partial charge in [0.1, 0.15) is 0 Å². The number of carbonyl (C=O) groups is 1. The standard InChI is InChI=1S/C13H12ClNO2/c1-3-12(16)17-11-7-15-10-5-4-8(2)6-9(10)13(11)14/h4-7H,3H2,1-2H3. The van der Waals surface area contributed by atoms with Gasteiger partial charge in [0.2, 0.25) is 0 Å². The third-order valence-corrected chi connectivity index (χ3v) is 2.83. The monoisotopic (exact) mass is 249 g/mol. The Morgan fingerprint density at radius 2 is 2.24 bits per heavy atom. The number of hydrogen-bond acceptors (Lipinski definition) is 3. The Hall–Kier alpha value is -1.61. The fourth-order valence-corrected chi connectivity index (χ4v) is 1.76. The van der Waals surface area contributed by atoms with Gasteiger partial charge in [0.25, 0.3) is 0 Å². The van der Waals surface area contributed by atoms with Crippen molar-refractivity contribution in [3.8, 4) is 5.75 Å². The lowest BCUT2D eigenvalue weighted by Gasteiger charge is -2.07. The molecule has 1 heterocycles. The van der Waals surface area contributed by atoms with Gasteiger partial charge in [0.15, 0.2) is 5.75 Å². The minimum Gasteiger partial charge on any atom is -0.423 e. The van der Waals surface area contributed by atoms with Gasteiger partial charge in [-0.1, -0.05) is 30.2 Å². The number of benzene rings is 1. The van der Waals surface area contributed by atoms with Crippen molar-refractivity contribution >= 4 is 28.5 Å². The van der Waals surface area contributed by atoms with Crippen LogP contribution in [0, 0.1) is 6.92 Å². The maximum atomic E-state index is 11.2. The molecule has 0 radical (unpaired) electrons. The summed E-state index contributed by atoms with van der Waals surface area (Å²) in [4.78, 5) is 15.4. The topological polar surface area (TPSA) is 39.2 Å². The highest BCUT2D eigenvalue weighted by molar-refractivity contribution is 6.36. The van der Waals surface area contributed by atoms with E-state index in [-0.39, 0.29) is 5.97 Å². The quantitative estimate of drug-likeness (QED) is 0.765. The molecule has 88 valence electrons. The van der Waals surface area contributed by atoms with Crippen molar-refractivity contribution in [2.24, 2.45) is 0 Å². The van der Waals surface area contributed by atoms with E-state index in [0.29, 0.717) is 17.2 Å². The van der Waals surface area contributed by atoms with E-state index >= 15 is 0 Å². The minimum absolute atomic E-state index is 0.308. The number of ether oxygens (including phenoxy) is 1. The average Bonchev–Trinajstić information content (AvgIpc) is 2.33. The van der Waals surface area contributed by atoms with Gasteiger partial charge in [-0.15, -0.1) is 0 Å². The molecule has 2 rings (SSSR count). The van der Waals surface area contributed by atoms with Gasteiger partial charge in [-0.05, 0) is 19.1 Å². The van der Waals surface area contributed by atoms with Gasteiger partial charge in [-0.2, -0.15) is 0 Å². The van der Waals surface area contributed by atoms with Crippen LogP contribution in [0.3, 0.4) is 0 Å². The summed E-state index contributed by atoms with van der Waals surface area (Å²) < 4.78 is 5.11. The van der Waals surface area contributed by atoms with Crippen LogP contribution >= 0.6 is 11.6 Å². The van der Waals surface area contributed by atoms with Crippen molar-refractivity contribution in [1.82, 2.24) is 4.98 Å². The number of carbonyl (C=O) groups excluding carboxylic acids is 1. The highest BCUT2D eigenvalue weighted by atomic mass is 35.5. The molecule has 2 aromatic rings. The maximum Gasteiger partial charge on any atom is 0.311 e. The number of nitrogens with zero attached hydrogens (tertiary/aromatic N) is 1. The molecule has 0 unspecified atom stereocenters. The van der Waals surface area contributed by atoms with Gasteiger partial charge in [-0.25, -0.2) is 0 Å². The molecule has 0 aliphatic carbocycles. The van der Waals surface area contributed by atoms with Crippen molar-refractivity contribution < 1.29 is 9.53 Å². The number of rotatable bonds is 2. The van der Waals surface area contributed by atoms with E-state index in [4.69, 9.17) is 16.3 Å². The van der Waals surface area contributed by atoms with Crippen LogP contribution in [0.4, 0.5) is 0 Å². The van der Waals surface area contributed by atoms with Crippen molar-refractivity contribution in [3.63, 3.8) is 0 Å². The Morgan fingerprint density at radius 1 is 1.47 bits per heavy atom. The van der Waals surface area contributed by atoms with E-state index in [2.05, 4.69) is 4.98 Å². The third kappa shape index (κ3) is 2.39. The van der Waals surface area contributed by atoms with Gasteiger partial charge in [-0.3, -0.25) is 9.78 Å². The summed E-state index contributed by atoms with van der Waals surface area (Å²) >= 11 is 6.20. The average molecular weight is 250 g/mol. The van der Waals surface area contributed by atoms with E-state index in [1.165, 1.54) is 6.20 Å². The number of esters is 1. The molecule has 0 amide bonds. The Bertz CT molecular complexity index is 581. The van der Waals surface area contributed by atoms with Gasteiger partial charge in [0, 0.05) is 11.8 Å². The SMILES string of the molecule is CCC(=O)Oc1cnc2ccc(C)cc2c1Cl. The summed E-state index contributed by atoms with van der Waals surface area (Å²) in [7, 11) is 0. The summed E-state index contributed by atoms with van der Waals surface area (Å²) in [5.74, 6) is -0.00248. The Labute approximate surface area is 104 Å². The lowest BCUT2D eigenvalue weighted by atomic mass is 10.1. The minimum atomic E-state index is -0.319. The number of aryl methyl sites for hydroxylation is 1. The van der Waals surface area contributed by atoms with Crippen LogP contribution in [-0.2, 0) is 4.79 Å². The number of aromatic nitrogens is 1. The zero-order valence-electron chi connectivity index (χ0n) is 9.66. The van der Waals surface area contributed by atoms with Crippen LogP contribution in [0.15, 0.2) is 24.4 Å². The molecule has 1 aromatic heterocycles. The van der Waals surface area contributed by atoms with Gasteiger partial charge < -0.3 is 4.74 Å². The first-order valence-corrected chi connectivity index (χ1v) is 5.75. The normalized spacial score (nSPS) is 10.5. The van der Waals surface area contributed by atoms with Crippen molar-refractivity contribution in [2.45, 2.75) is 20.3 Å². The summed E-state index contributed by atoms with van der Waals surface area (Å²) in [6.07, 6.45) is 1.79. The second-order valence-electron chi connectivity index (χ2n) is 3.78. The van der Waals surface area contributed by atoms with Crippen LogP contribution in [0.5, 0.6) is 5.75 Å². The van der Waals surface area contributed by atoms with Crippen molar-refractivity contribution in [2.75, 3.05) is 0 Å². The molecule has 0 aliphatic rings. The summed E-state index contributed by atoms with van der Waals surface area (Å²) in [6, 6.07) is 5.78. The van der Waals surface area contributed by atoms with Crippen LogP contribution in [0.1, 0.15) is 18.9 Å². The summed E-state index contributed by atoms with van der Waals surface area (Å²) in [6.45, 7) is 3.70. The Kier molecular flexibility index (Phi) is 3.29. The zero-order chi connectivity index (χ0) is 12.4. The van der Waals surface area contributed by atoms with Crippen molar-refractivity contribution in [3.05, 3.63) is 35.0 Å². The van der Waals surface area contributed by atoms with Crippen molar-refractivity contribution in [1.29, 1.82) is 0 Å². The predicted octanol–water partition coefficient (Wildman–Crippen LogP) is 3.51. The van der Waals surface area contributed by atoms with Gasteiger partial charge in [0.05, 0.1) is 16.7 Å². The molecule has 0 saturated carbocycles. The van der Waals surface area contributed by atoms with E-state index in [0.717, 1.165) is 16.5 Å². The van der Waals surface area contributed by atoms with Crippen LogP contribution in [-0.4, -0.2) is 11.0 Å². The molecule has 0 aliphatic heterocycles. The smallest absolute Gasteiger partial charge is 0.311 e. The molecule has 3 nitrogen and oxygen atoms in total. The Balaban J connectivity index is 2.52. The fourth-order valence-electron chi connectivity index (χ4n) is 1.52. The van der Waals surface area contributed by atoms with E-state index < -0.39 is 0 Å². The lowest BCUT2D eigenvalue weighted by molar-refractivity contribution is -0.134. The fraction of sp³-hybridized carbons (Fsp3) is 0.231. The second-order valence-corrected chi connectivity index (χ2v) is 4.16. The molecule has 0 fully saturated rings. The van der Waals surface area contributed by atoms with Crippen LogP contribution in [0.25, 0.3) is 10.9 Å². The molecule has 17 heavy (non-hydrogen) atoms. The highest BCUT2D eigenvalue weighted by Gasteiger charge is 2.10. The third-order valence-electron chi connectivity index (χ3n) is 2.44. The highest BCUT2D eigenvalue weighted by Crippen LogP contribution is 2.31. The number of pyridine rings is 1. The lowest BCUT2D eigenvalue weighted by Crippen LogP contribution is -2.06. The molecular formula is C13H12ClNO2. The Morgan fingerprint density at radius 3 is 2.94 bits per heavy atom. The largest absolute Gasteiger partial charge is 0.423 e. The number of fused-ring (bicyclic) bond motifs is 1. The molecular weight excluding hydrogens is 238 g/mol. The first kappa shape index (κ1) is 11.9. The first-order valence-electron chi connectivity index (χ1n) is 5.37. The maximum absolute atomic E-state index is 11.2. The van der Waals surface area contributed by atoms with Crippen LogP contribution in [0.2, 0.25) is 5.02 Å². The molecule has 0 bridgehead atoms. The van der Waals surface area contributed by atoms with E-state index in [9.17, 15) is 4.79 Å². The van der Waals surface area contributed by atoms with Gasteiger partial charge >= 0.3 is 5.97 Å². The molecule has 4 heteroatoms. The molecule has 1 aromatic carbocycles. The molecule has 0 atom stereocenters. The zero-order valence-corrected chi connectivity index (χ0v) is 10.4. The molecule has 0 N–H and O–H groups in total. The van der Waals surface area contributed by atoms with E-state index in [1.54, 1.807) is 6.92 Å².